The van der Waals surface area contributed by atoms with E-state index in [1.54, 1.807) is 0 Å². The molecule has 0 unspecified atom stereocenters. The monoisotopic (exact) mass is 290 g/mol. The Morgan fingerprint density at radius 3 is 2.35 bits per heavy atom. The molecule has 1 nitrogen and oxygen atoms in total. The molecule has 1 N–H and O–H groups in total. The van der Waals surface area contributed by atoms with Gasteiger partial charge < -0.3 is 5.11 Å². The van der Waals surface area contributed by atoms with Crippen LogP contribution in [0.4, 0.5) is 0 Å². The Labute approximate surface area is 110 Å². The molecule has 2 aromatic rings. The lowest BCUT2D eigenvalue weighted by molar-refractivity contribution is 0.219. The fraction of sp³-hybridized carbons (Fsp3) is 0.200. The maximum atomic E-state index is 10.4. The minimum absolute atomic E-state index is 0.542. The first-order valence-electron chi connectivity index (χ1n) is 5.73. The lowest BCUT2D eigenvalue weighted by atomic mass is 9.96. The number of benzene rings is 2. The van der Waals surface area contributed by atoms with Crippen LogP contribution in [-0.4, -0.2) is 5.11 Å². The van der Waals surface area contributed by atoms with Crippen LogP contribution in [-0.2, 0) is 6.42 Å². The van der Waals surface area contributed by atoms with Crippen molar-refractivity contribution in [3.8, 4) is 0 Å². The molecular formula is C15H15BrO. The summed E-state index contributed by atoms with van der Waals surface area (Å²) in [6, 6.07) is 15.8. The molecule has 0 radical (unpaired) electrons. The van der Waals surface area contributed by atoms with E-state index in [9.17, 15) is 5.11 Å². The van der Waals surface area contributed by atoms with Crippen LogP contribution in [0, 0.1) is 0 Å². The Kier molecular flexibility index (Phi) is 3.97. The molecule has 0 spiro atoms. The zero-order chi connectivity index (χ0) is 12.3. The third-order valence-corrected chi connectivity index (χ3v) is 3.44. The predicted octanol–water partition coefficient (Wildman–Crippen LogP) is 4.09. The summed E-state index contributed by atoms with van der Waals surface area (Å²) in [6.45, 7) is 2.10. The molecule has 0 bridgehead atoms. The molecule has 0 heterocycles. The van der Waals surface area contributed by atoms with Gasteiger partial charge in [-0.05, 0) is 35.2 Å². The summed E-state index contributed by atoms with van der Waals surface area (Å²) in [5, 5.41) is 10.4. The number of hydrogen-bond acceptors (Lipinski definition) is 1. The van der Waals surface area contributed by atoms with Crippen LogP contribution in [0.15, 0.2) is 53.0 Å². The maximum Gasteiger partial charge on any atom is 0.104 e. The number of halogens is 1. The van der Waals surface area contributed by atoms with Crippen molar-refractivity contribution < 1.29 is 5.11 Å². The molecule has 2 aromatic carbocycles. The van der Waals surface area contributed by atoms with Gasteiger partial charge in [0.15, 0.2) is 0 Å². The Balaban J connectivity index is 2.36. The molecule has 0 saturated carbocycles. The summed E-state index contributed by atoms with van der Waals surface area (Å²) in [7, 11) is 0. The van der Waals surface area contributed by atoms with E-state index in [1.165, 1.54) is 5.56 Å². The summed E-state index contributed by atoms with van der Waals surface area (Å²) >= 11 is 3.40. The first-order valence-corrected chi connectivity index (χ1v) is 6.53. The summed E-state index contributed by atoms with van der Waals surface area (Å²) in [5.74, 6) is 0. The molecule has 0 aliphatic heterocycles. The third kappa shape index (κ3) is 2.76. The Morgan fingerprint density at radius 2 is 1.71 bits per heavy atom. The lowest BCUT2D eigenvalue weighted by Crippen LogP contribution is -2.03. The van der Waals surface area contributed by atoms with Crippen molar-refractivity contribution >= 4 is 15.9 Å². The van der Waals surface area contributed by atoms with E-state index in [0.29, 0.717) is 0 Å². The van der Waals surface area contributed by atoms with Gasteiger partial charge in [0, 0.05) is 4.47 Å². The van der Waals surface area contributed by atoms with E-state index in [4.69, 9.17) is 0 Å². The summed E-state index contributed by atoms with van der Waals surface area (Å²) in [6.07, 6.45) is 0.392. The van der Waals surface area contributed by atoms with Gasteiger partial charge in [0.1, 0.15) is 6.10 Å². The van der Waals surface area contributed by atoms with Gasteiger partial charge in [-0.15, -0.1) is 0 Å². The summed E-state index contributed by atoms with van der Waals surface area (Å²) in [5.41, 5.74) is 3.12. The van der Waals surface area contributed by atoms with E-state index in [0.717, 1.165) is 22.0 Å². The van der Waals surface area contributed by atoms with Gasteiger partial charge in [-0.25, -0.2) is 0 Å². The Hall–Kier alpha value is -1.12. The highest BCUT2D eigenvalue weighted by molar-refractivity contribution is 9.10. The SMILES string of the molecule is CCc1ccccc1[C@H](O)c1ccc(Br)cc1. The van der Waals surface area contributed by atoms with Gasteiger partial charge in [0.25, 0.3) is 0 Å². The fourth-order valence-electron chi connectivity index (χ4n) is 1.95. The zero-order valence-electron chi connectivity index (χ0n) is 9.73. The molecule has 0 fully saturated rings. The van der Waals surface area contributed by atoms with Crippen LogP contribution >= 0.6 is 15.9 Å². The second-order valence-electron chi connectivity index (χ2n) is 4.01. The van der Waals surface area contributed by atoms with E-state index in [2.05, 4.69) is 28.9 Å². The van der Waals surface area contributed by atoms with Crippen molar-refractivity contribution in [2.24, 2.45) is 0 Å². The molecule has 0 aliphatic carbocycles. The summed E-state index contributed by atoms with van der Waals surface area (Å²) < 4.78 is 1.03. The van der Waals surface area contributed by atoms with E-state index in [1.807, 2.05) is 42.5 Å². The molecule has 0 aromatic heterocycles. The van der Waals surface area contributed by atoms with Crippen LogP contribution in [0.2, 0.25) is 0 Å². The van der Waals surface area contributed by atoms with Gasteiger partial charge in [0.2, 0.25) is 0 Å². The standard InChI is InChI=1S/C15H15BrO/c1-2-11-5-3-4-6-14(11)15(17)12-7-9-13(16)10-8-12/h3-10,15,17H,2H2,1H3/t15-/m1/s1. The normalized spacial score (nSPS) is 12.4. The molecule has 0 amide bonds. The smallest absolute Gasteiger partial charge is 0.104 e. The zero-order valence-corrected chi connectivity index (χ0v) is 11.3. The molecule has 88 valence electrons. The van der Waals surface area contributed by atoms with Crippen LogP contribution in [0.25, 0.3) is 0 Å². The fourth-order valence-corrected chi connectivity index (χ4v) is 2.21. The molecular weight excluding hydrogens is 276 g/mol. The first kappa shape index (κ1) is 12.3. The molecule has 2 heteroatoms. The van der Waals surface area contributed by atoms with Gasteiger partial charge in [0.05, 0.1) is 0 Å². The van der Waals surface area contributed by atoms with Gasteiger partial charge >= 0.3 is 0 Å². The topological polar surface area (TPSA) is 20.2 Å². The highest BCUT2D eigenvalue weighted by atomic mass is 79.9. The number of rotatable bonds is 3. The van der Waals surface area contributed by atoms with Crippen molar-refractivity contribution in [3.63, 3.8) is 0 Å². The average Bonchev–Trinajstić information content (AvgIpc) is 2.39. The first-order chi connectivity index (χ1) is 8.22. The van der Waals surface area contributed by atoms with Gasteiger partial charge in [-0.3, -0.25) is 0 Å². The number of aliphatic hydroxyl groups is 1. The van der Waals surface area contributed by atoms with Crippen LogP contribution in [0.1, 0.15) is 29.7 Å². The van der Waals surface area contributed by atoms with Crippen LogP contribution in [0.5, 0.6) is 0 Å². The van der Waals surface area contributed by atoms with Crippen molar-refractivity contribution in [3.05, 3.63) is 69.7 Å². The molecule has 0 aliphatic rings. The van der Waals surface area contributed by atoms with Crippen molar-refractivity contribution in [2.75, 3.05) is 0 Å². The lowest BCUT2D eigenvalue weighted by Gasteiger charge is -2.15. The van der Waals surface area contributed by atoms with Crippen LogP contribution in [0.3, 0.4) is 0 Å². The predicted molar refractivity (Wildman–Crippen MR) is 74.0 cm³/mol. The number of aryl methyl sites for hydroxylation is 1. The molecule has 17 heavy (non-hydrogen) atoms. The van der Waals surface area contributed by atoms with Crippen molar-refractivity contribution in [2.45, 2.75) is 19.4 Å². The maximum absolute atomic E-state index is 10.4. The largest absolute Gasteiger partial charge is 0.384 e. The third-order valence-electron chi connectivity index (χ3n) is 2.92. The molecule has 2 rings (SSSR count). The highest BCUT2D eigenvalue weighted by Gasteiger charge is 2.12. The van der Waals surface area contributed by atoms with Gasteiger partial charge in [-0.1, -0.05) is 59.3 Å². The minimum atomic E-state index is -0.542. The molecule has 0 saturated heterocycles. The number of hydrogen-bond donors (Lipinski definition) is 1. The van der Waals surface area contributed by atoms with Crippen molar-refractivity contribution in [1.29, 1.82) is 0 Å². The highest BCUT2D eigenvalue weighted by Crippen LogP contribution is 2.26. The van der Waals surface area contributed by atoms with E-state index >= 15 is 0 Å². The van der Waals surface area contributed by atoms with Gasteiger partial charge in [-0.2, -0.15) is 0 Å². The second-order valence-corrected chi connectivity index (χ2v) is 4.92. The van der Waals surface area contributed by atoms with Crippen molar-refractivity contribution in [1.82, 2.24) is 0 Å². The summed E-state index contributed by atoms with van der Waals surface area (Å²) in [4.78, 5) is 0. The Bertz CT molecular complexity index is 491. The van der Waals surface area contributed by atoms with E-state index in [-0.39, 0.29) is 0 Å². The quantitative estimate of drug-likeness (QED) is 0.903. The minimum Gasteiger partial charge on any atom is -0.384 e. The molecule has 1 atom stereocenters. The number of aliphatic hydroxyl groups excluding tert-OH is 1. The average molecular weight is 291 g/mol. The Morgan fingerprint density at radius 1 is 1.06 bits per heavy atom. The van der Waals surface area contributed by atoms with E-state index < -0.39 is 6.10 Å². The second kappa shape index (κ2) is 5.48. The van der Waals surface area contributed by atoms with Crippen LogP contribution < -0.4 is 0 Å².